The molecule has 0 aromatic rings. The first-order valence-electron chi connectivity index (χ1n) is 8.70. The second-order valence-electron chi connectivity index (χ2n) is 5.58. The van der Waals surface area contributed by atoms with Crippen LogP contribution in [-0.4, -0.2) is 22.3 Å². The van der Waals surface area contributed by atoms with E-state index in [-0.39, 0.29) is 6.42 Å². The van der Waals surface area contributed by atoms with E-state index in [0.29, 0.717) is 12.8 Å². The van der Waals surface area contributed by atoms with Crippen molar-refractivity contribution < 1.29 is 15.0 Å². The van der Waals surface area contributed by atoms with Gasteiger partial charge in [-0.2, -0.15) is 0 Å². The molecule has 1 atom stereocenters. The molecule has 0 amide bonds. The van der Waals surface area contributed by atoms with Crippen LogP contribution in [0.5, 0.6) is 0 Å². The highest BCUT2D eigenvalue weighted by Gasteiger charge is 1.95. The van der Waals surface area contributed by atoms with Crippen LogP contribution in [0.2, 0.25) is 0 Å². The van der Waals surface area contributed by atoms with Crippen molar-refractivity contribution in [3.63, 3.8) is 0 Å². The Kier molecular flexibility index (Phi) is 15.6. The van der Waals surface area contributed by atoms with Gasteiger partial charge in [0.25, 0.3) is 0 Å². The van der Waals surface area contributed by atoms with Crippen LogP contribution in [0.25, 0.3) is 0 Å². The van der Waals surface area contributed by atoms with Gasteiger partial charge in [0.05, 0.1) is 6.10 Å². The van der Waals surface area contributed by atoms with Gasteiger partial charge >= 0.3 is 5.97 Å². The molecule has 3 heteroatoms. The molecule has 0 saturated carbocycles. The smallest absolute Gasteiger partial charge is 0.303 e. The van der Waals surface area contributed by atoms with Crippen LogP contribution in [-0.2, 0) is 4.79 Å². The first-order valence-corrected chi connectivity index (χ1v) is 8.70. The van der Waals surface area contributed by atoms with Crippen LogP contribution >= 0.6 is 0 Å². The summed E-state index contributed by atoms with van der Waals surface area (Å²) in [6, 6.07) is 0. The molecule has 0 aromatic carbocycles. The van der Waals surface area contributed by atoms with Crippen molar-refractivity contribution in [2.75, 3.05) is 0 Å². The van der Waals surface area contributed by atoms with Crippen molar-refractivity contribution in [3.8, 4) is 0 Å². The molecule has 0 aliphatic heterocycles. The van der Waals surface area contributed by atoms with Crippen LogP contribution in [0.1, 0.15) is 64.7 Å². The maximum Gasteiger partial charge on any atom is 0.303 e. The molecular weight excluding hydrogens is 288 g/mol. The molecule has 2 N–H and O–H groups in total. The number of aliphatic hydroxyl groups excluding tert-OH is 1. The highest BCUT2D eigenvalue weighted by Crippen LogP contribution is 2.02. The largest absolute Gasteiger partial charge is 0.481 e. The van der Waals surface area contributed by atoms with Gasteiger partial charge in [-0.3, -0.25) is 4.79 Å². The number of aliphatic carboxylic acids is 1. The molecule has 0 aliphatic rings. The quantitative estimate of drug-likeness (QED) is 0.263. The van der Waals surface area contributed by atoms with E-state index in [2.05, 4.69) is 25.2 Å². The average molecular weight is 320 g/mol. The molecule has 0 spiro atoms. The lowest BCUT2D eigenvalue weighted by Gasteiger charge is -1.99. The Morgan fingerprint density at radius 1 is 0.957 bits per heavy atom. The van der Waals surface area contributed by atoms with Crippen molar-refractivity contribution in [1.82, 2.24) is 0 Å². The minimum atomic E-state index is -0.760. The molecule has 0 unspecified atom stereocenters. The number of rotatable bonds is 14. The van der Waals surface area contributed by atoms with E-state index < -0.39 is 12.1 Å². The predicted octanol–water partition coefficient (Wildman–Crippen LogP) is 5.19. The second-order valence-corrected chi connectivity index (χ2v) is 5.58. The minimum absolute atomic E-state index is 0.199. The third kappa shape index (κ3) is 18.3. The van der Waals surface area contributed by atoms with Gasteiger partial charge in [0.2, 0.25) is 0 Å². The van der Waals surface area contributed by atoms with Gasteiger partial charge in [-0.25, -0.2) is 0 Å². The second kappa shape index (κ2) is 16.8. The van der Waals surface area contributed by atoms with Gasteiger partial charge in [0.1, 0.15) is 0 Å². The third-order valence-corrected chi connectivity index (χ3v) is 3.30. The van der Waals surface area contributed by atoms with E-state index in [1.54, 1.807) is 6.08 Å². The molecular formula is C20H32O3. The zero-order valence-electron chi connectivity index (χ0n) is 14.4. The first-order chi connectivity index (χ1) is 11.2. The highest BCUT2D eigenvalue weighted by molar-refractivity contribution is 5.66. The fourth-order valence-corrected chi connectivity index (χ4v) is 1.96. The summed E-state index contributed by atoms with van der Waals surface area (Å²) < 4.78 is 0. The molecule has 0 rings (SSSR count). The molecule has 0 fully saturated rings. The molecule has 3 nitrogen and oxygen atoms in total. The Hall–Kier alpha value is -1.61. The lowest BCUT2D eigenvalue weighted by molar-refractivity contribution is -0.137. The van der Waals surface area contributed by atoms with E-state index in [1.807, 2.05) is 24.3 Å². The van der Waals surface area contributed by atoms with E-state index >= 15 is 0 Å². The van der Waals surface area contributed by atoms with Crippen molar-refractivity contribution in [1.29, 1.82) is 0 Å². The van der Waals surface area contributed by atoms with Crippen LogP contribution in [0.3, 0.4) is 0 Å². The number of hydrogen-bond acceptors (Lipinski definition) is 2. The summed E-state index contributed by atoms with van der Waals surface area (Å²) in [5.41, 5.74) is 0. The van der Waals surface area contributed by atoms with Crippen molar-refractivity contribution in [2.24, 2.45) is 0 Å². The molecule has 0 aromatic heterocycles. The SMILES string of the molecule is CCCCC/C=C\C/C=C\C=C/[C@@H](O)C/C=C/CCCC(=O)O. The van der Waals surface area contributed by atoms with E-state index in [4.69, 9.17) is 5.11 Å². The average Bonchev–Trinajstić information content (AvgIpc) is 2.52. The third-order valence-electron chi connectivity index (χ3n) is 3.30. The number of carboxylic acids is 1. The predicted molar refractivity (Wildman–Crippen MR) is 97.4 cm³/mol. The fourth-order valence-electron chi connectivity index (χ4n) is 1.96. The van der Waals surface area contributed by atoms with Crippen molar-refractivity contribution in [3.05, 3.63) is 48.6 Å². The summed E-state index contributed by atoms with van der Waals surface area (Å²) in [5, 5.41) is 18.2. The molecule has 0 radical (unpaired) electrons. The zero-order chi connectivity index (χ0) is 17.2. The molecule has 23 heavy (non-hydrogen) atoms. The normalized spacial score (nSPS) is 13.8. The first kappa shape index (κ1) is 21.4. The monoisotopic (exact) mass is 320 g/mol. The van der Waals surface area contributed by atoms with Gasteiger partial charge < -0.3 is 10.2 Å². The van der Waals surface area contributed by atoms with E-state index in [1.165, 1.54) is 19.3 Å². The van der Waals surface area contributed by atoms with Crippen LogP contribution < -0.4 is 0 Å². The number of allylic oxidation sites excluding steroid dienone is 6. The van der Waals surface area contributed by atoms with Gasteiger partial charge in [-0.1, -0.05) is 68.4 Å². The Labute approximate surface area is 141 Å². The van der Waals surface area contributed by atoms with Crippen molar-refractivity contribution >= 4 is 5.97 Å². The van der Waals surface area contributed by atoms with Gasteiger partial charge in [0, 0.05) is 6.42 Å². The zero-order valence-corrected chi connectivity index (χ0v) is 14.4. The number of unbranched alkanes of at least 4 members (excludes halogenated alkanes) is 4. The topological polar surface area (TPSA) is 57.5 Å². The van der Waals surface area contributed by atoms with Crippen LogP contribution in [0.4, 0.5) is 0 Å². The summed E-state index contributed by atoms with van der Waals surface area (Å²) >= 11 is 0. The van der Waals surface area contributed by atoms with E-state index in [9.17, 15) is 9.90 Å². The summed E-state index contributed by atoms with van der Waals surface area (Å²) in [7, 11) is 0. The fraction of sp³-hybridized carbons (Fsp3) is 0.550. The molecule has 0 bridgehead atoms. The van der Waals surface area contributed by atoms with Crippen LogP contribution in [0, 0.1) is 0 Å². The van der Waals surface area contributed by atoms with Crippen LogP contribution in [0.15, 0.2) is 48.6 Å². The molecule has 130 valence electrons. The Bertz CT molecular complexity index is 392. The van der Waals surface area contributed by atoms with Crippen molar-refractivity contribution in [2.45, 2.75) is 70.8 Å². The highest BCUT2D eigenvalue weighted by atomic mass is 16.4. The Morgan fingerprint density at radius 3 is 2.43 bits per heavy atom. The molecule has 0 aliphatic carbocycles. The number of carbonyl (C=O) groups is 1. The number of aliphatic hydroxyl groups is 1. The minimum Gasteiger partial charge on any atom is -0.481 e. The van der Waals surface area contributed by atoms with Gasteiger partial charge in [-0.05, 0) is 38.5 Å². The van der Waals surface area contributed by atoms with E-state index in [0.717, 1.165) is 19.3 Å². The Balaban J connectivity index is 3.63. The summed E-state index contributed by atoms with van der Waals surface area (Å²) in [6.07, 6.45) is 23.5. The number of hydrogen-bond donors (Lipinski definition) is 2. The molecule has 0 saturated heterocycles. The lowest BCUT2D eigenvalue weighted by atomic mass is 10.2. The standard InChI is InChI=1S/C20H32O3/c1-2-3-4-5-6-7-8-9-10-13-16-19(21)17-14-11-12-15-18-20(22)23/h6-7,9-11,13-14,16,19,21H,2-5,8,12,15,17-18H2,1H3,(H,22,23)/b7-6-,10-9-,14-11+,16-13-/t19-/m1/s1. The van der Waals surface area contributed by atoms with Gasteiger partial charge in [0.15, 0.2) is 0 Å². The molecule has 0 heterocycles. The Morgan fingerprint density at radius 2 is 1.70 bits per heavy atom. The summed E-state index contributed by atoms with van der Waals surface area (Å²) in [6.45, 7) is 2.21. The number of carboxylic acid groups (broad SMARTS) is 1. The maximum absolute atomic E-state index is 10.3. The summed E-state index contributed by atoms with van der Waals surface area (Å²) in [5.74, 6) is -0.760. The lowest BCUT2D eigenvalue weighted by Crippen LogP contribution is -1.98. The maximum atomic E-state index is 10.3. The van der Waals surface area contributed by atoms with Gasteiger partial charge in [-0.15, -0.1) is 0 Å². The summed E-state index contributed by atoms with van der Waals surface area (Å²) in [4.78, 5) is 10.3.